The van der Waals surface area contributed by atoms with Gasteiger partial charge >= 0.3 is 5.97 Å². The van der Waals surface area contributed by atoms with Gasteiger partial charge in [0.2, 0.25) is 0 Å². The fourth-order valence-corrected chi connectivity index (χ4v) is 1.76. The number of carbonyl (C=O) groups excluding carboxylic acids is 1. The van der Waals surface area contributed by atoms with E-state index in [0.29, 0.717) is 0 Å². The van der Waals surface area contributed by atoms with Crippen LogP contribution in [0.5, 0.6) is 0 Å². The molecule has 0 fully saturated rings. The molecule has 0 bridgehead atoms. The normalized spacial score (nSPS) is 10.0. The third-order valence-electron chi connectivity index (χ3n) is 2.14. The van der Waals surface area contributed by atoms with Crippen LogP contribution < -0.4 is 0 Å². The highest BCUT2D eigenvalue weighted by Crippen LogP contribution is 2.14. The standard InChI is InChI=1S/C11H8N2O4S/c14-11(17-6-10-5-12-7-18-10)8-1-3-9(4-2-8)13(15)16/h1-5,7H,6H2. The number of carbonyl (C=O) groups is 1. The number of ether oxygens (including phenoxy) is 1. The van der Waals surface area contributed by atoms with Crippen molar-refractivity contribution in [2.75, 3.05) is 0 Å². The van der Waals surface area contributed by atoms with E-state index in [0.717, 1.165) is 4.88 Å². The molecule has 92 valence electrons. The minimum absolute atomic E-state index is 0.0611. The number of non-ortho nitro benzene ring substituents is 1. The highest BCUT2D eigenvalue weighted by molar-refractivity contribution is 7.09. The second-order valence-corrected chi connectivity index (χ2v) is 4.32. The zero-order chi connectivity index (χ0) is 13.0. The van der Waals surface area contributed by atoms with Crippen molar-refractivity contribution in [2.24, 2.45) is 0 Å². The Hall–Kier alpha value is -2.28. The van der Waals surface area contributed by atoms with Crippen LogP contribution in [0, 0.1) is 10.1 Å². The van der Waals surface area contributed by atoms with Crippen LogP contribution in [0.3, 0.4) is 0 Å². The van der Waals surface area contributed by atoms with Crippen molar-refractivity contribution in [1.29, 1.82) is 0 Å². The van der Waals surface area contributed by atoms with Gasteiger partial charge < -0.3 is 4.74 Å². The maximum atomic E-state index is 11.6. The summed E-state index contributed by atoms with van der Waals surface area (Å²) < 4.78 is 5.03. The summed E-state index contributed by atoms with van der Waals surface area (Å²) in [7, 11) is 0. The van der Waals surface area contributed by atoms with Crippen molar-refractivity contribution in [3.05, 3.63) is 56.5 Å². The van der Waals surface area contributed by atoms with Crippen molar-refractivity contribution in [1.82, 2.24) is 4.98 Å². The number of nitro benzene ring substituents is 1. The minimum atomic E-state index is -0.521. The highest BCUT2D eigenvalue weighted by atomic mass is 32.1. The van der Waals surface area contributed by atoms with Crippen molar-refractivity contribution in [2.45, 2.75) is 6.61 Å². The SMILES string of the molecule is O=C(OCc1cncs1)c1ccc([N+](=O)[O-])cc1. The first-order valence-corrected chi connectivity index (χ1v) is 5.84. The third kappa shape index (κ3) is 2.89. The molecule has 0 aliphatic heterocycles. The summed E-state index contributed by atoms with van der Waals surface area (Å²) in [5, 5.41) is 10.4. The molecule has 0 saturated carbocycles. The fraction of sp³-hybridized carbons (Fsp3) is 0.0909. The van der Waals surface area contributed by atoms with E-state index in [9.17, 15) is 14.9 Å². The van der Waals surface area contributed by atoms with Crippen molar-refractivity contribution in [3.63, 3.8) is 0 Å². The summed E-state index contributed by atoms with van der Waals surface area (Å²) in [6.07, 6.45) is 1.62. The molecule has 1 aromatic carbocycles. The molecule has 0 atom stereocenters. The number of rotatable bonds is 4. The second-order valence-electron chi connectivity index (χ2n) is 3.35. The lowest BCUT2D eigenvalue weighted by Crippen LogP contribution is -2.04. The first-order chi connectivity index (χ1) is 8.66. The van der Waals surface area contributed by atoms with Gasteiger partial charge in [0.15, 0.2) is 0 Å². The predicted molar refractivity (Wildman–Crippen MR) is 64.3 cm³/mol. The van der Waals surface area contributed by atoms with Crippen LogP contribution in [0.15, 0.2) is 36.0 Å². The Bertz CT molecular complexity index is 551. The predicted octanol–water partition coefficient (Wildman–Crippen LogP) is 2.41. The number of aromatic nitrogens is 1. The van der Waals surface area contributed by atoms with E-state index < -0.39 is 10.9 Å². The molecule has 0 unspecified atom stereocenters. The minimum Gasteiger partial charge on any atom is -0.456 e. The van der Waals surface area contributed by atoms with Gasteiger partial charge in [0, 0.05) is 18.3 Å². The summed E-state index contributed by atoms with van der Waals surface area (Å²) in [5.41, 5.74) is 1.87. The number of thiazole rings is 1. The van der Waals surface area contributed by atoms with E-state index in [2.05, 4.69) is 4.98 Å². The lowest BCUT2D eigenvalue weighted by atomic mass is 10.2. The number of nitro groups is 1. The smallest absolute Gasteiger partial charge is 0.338 e. The van der Waals surface area contributed by atoms with E-state index in [1.54, 1.807) is 11.7 Å². The lowest BCUT2D eigenvalue weighted by Gasteiger charge is -2.02. The van der Waals surface area contributed by atoms with Gasteiger partial charge in [-0.05, 0) is 12.1 Å². The summed E-state index contributed by atoms with van der Waals surface area (Å²) in [4.78, 5) is 26.2. The molecule has 0 aliphatic rings. The quantitative estimate of drug-likeness (QED) is 0.481. The molecule has 2 rings (SSSR count). The maximum Gasteiger partial charge on any atom is 0.338 e. The molecule has 0 N–H and O–H groups in total. The van der Waals surface area contributed by atoms with Crippen LogP contribution in [0.25, 0.3) is 0 Å². The number of benzene rings is 1. The Kier molecular flexibility index (Phi) is 3.63. The fourth-order valence-electron chi connectivity index (χ4n) is 1.25. The monoisotopic (exact) mass is 264 g/mol. The summed E-state index contributed by atoms with van der Waals surface area (Å²) in [5.74, 6) is -0.515. The van der Waals surface area contributed by atoms with Crippen LogP contribution in [0.4, 0.5) is 5.69 Å². The van der Waals surface area contributed by atoms with E-state index in [1.165, 1.54) is 35.6 Å². The molecule has 0 radical (unpaired) electrons. The first-order valence-electron chi connectivity index (χ1n) is 4.96. The van der Waals surface area contributed by atoms with Crippen LogP contribution in [0.1, 0.15) is 15.2 Å². The van der Waals surface area contributed by atoms with E-state index in [4.69, 9.17) is 4.74 Å². The second kappa shape index (κ2) is 5.37. The summed E-state index contributed by atoms with van der Waals surface area (Å²) in [6, 6.07) is 5.27. The Labute approximate surface area is 106 Å². The number of esters is 1. The van der Waals surface area contributed by atoms with Crippen LogP contribution in [-0.2, 0) is 11.3 Å². The van der Waals surface area contributed by atoms with Gasteiger partial charge in [-0.3, -0.25) is 15.1 Å². The largest absolute Gasteiger partial charge is 0.456 e. The number of hydrogen-bond acceptors (Lipinski definition) is 6. The summed E-state index contributed by atoms with van der Waals surface area (Å²) in [6.45, 7) is 0.153. The van der Waals surface area contributed by atoms with E-state index >= 15 is 0 Å². The Morgan fingerprint density at radius 2 is 2.11 bits per heavy atom. The van der Waals surface area contributed by atoms with Crippen LogP contribution in [-0.4, -0.2) is 15.9 Å². The topological polar surface area (TPSA) is 82.3 Å². The van der Waals surface area contributed by atoms with Crippen molar-refractivity contribution < 1.29 is 14.5 Å². The molecule has 1 heterocycles. The maximum absolute atomic E-state index is 11.6. The van der Waals surface area contributed by atoms with Crippen LogP contribution in [0.2, 0.25) is 0 Å². The lowest BCUT2D eigenvalue weighted by molar-refractivity contribution is -0.384. The third-order valence-corrected chi connectivity index (χ3v) is 2.90. The molecule has 0 amide bonds. The molecular formula is C11H8N2O4S. The van der Waals surface area contributed by atoms with E-state index in [-0.39, 0.29) is 17.9 Å². The average Bonchev–Trinajstić information content (AvgIpc) is 2.89. The first kappa shape index (κ1) is 12.2. The average molecular weight is 264 g/mol. The molecule has 2 aromatic rings. The molecule has 7 heteroatoms. The van der Waals surface area contributed by atoms with Crippen LogP contribution >= 0.6 is 11.3 Å². The van der Waals surface area contributed by atoms with Gasteiger partial charge in [-0.15, -0.1) is 11.3 Å². The van der Waals surface area contributed by atoms with Gasteiger partial charge in [0.05, 0.1) is 20.9 Å². The zero-order valence-corrected chi connectivity index (χ0v) is 9.92. The number of nitrogens with zero attached hydrogens (tertiary/aromatic N) is 2. The highest BCUT2D eigenvalue weighted by Gasteiger charge is 2.10. The van der Waals surface area contributed by atoms with Crippen molar-refractivity contribution in [3.8, 4) is 0 Å². The Balaban J connectivity index is 1.98. The Morgan fingerprint density at radius 3 is 2.67 bits per heavy atom. The van der Waals surface area contributed by atoms with Gasteiger partial charge in [-0.25, -0.2) is 4.79 Å². The van der Waals surface area contributed by atoms with E-state index in [1.807, 2.05) is 0 Å². The molecular weight excluding hydrogens is 256 g/mol. The molecule has 18 heavy (non-hydrogen) atoms. The molecule has 6 nitrogen and oxygen atoms in total. The molecule has 0 spiro atoms. The van der Waals surface area contributed by atoms with Gasteiger partial charge in [-0.1, -0.05) is 0 Å². The number of hydrogen-bond donors (Lipinski definition) is 0. The molecule has 0 saturated heterocycles. The summed E-state index contributed by atoms with van der Waals surface area (Å²) >= 11 is 1.39. The zero-order valence-electron chi connectivity index (χ0n) is 9.11. The molecule has 0 aliphatic carbocycles. The van der Waals surface area contributed by atoms with Gasteiger partial charge in [0.1, 0.15) is 6.61 Å². The van der Waals surface area contributed by atoms with Gasteiger partial charge in [-0.2, -0.15) is 0 Å². The van der Waals surface area contributed by atoms with Gasteiger partial charge in [0.25, 0.3) is 5.69 Å². The van der Waals surface area contributed by atoms with Crippen molar-refractivity contribution >= 4 is 23.0 Å². The molecule has 1 aromatic heterocycles. The Morgan fingerprint density at radius 1 is 1.39 bits per heavy atom.